The number of hydrogen-bond acceptors (Lipinski definition) is 4. The summed E-state index contributed by atoms with van der Waals surface area (Å²) < 4.78 is 11.4. The molecule has 1 aromatic carbocycles. The molecule has 20 heavy (non-hydrogen) atoms. The van der Waals surface area contributed by atoms with Crippen LogP contribution in [0.15, 0.2) is 24.3 Å². The van der Waals surface area contributed by atoms with Crippen LogP contribution in [0.5, 0.6) is 0 Å². The molecule has 114 valence electrons. The van der Waals surface area contributed by atoms with E-state index in [2.05, 4.69) is 17.4 Å². The molecule has 0 bridgehead atoms. The number of rotatable bonds is 6. The van der Waals surface area contributed by atoms with Gasteiger partial charge >= 0.3 is 9.28 Å². The Balaban J connectivity index is 0.000000425. The minimum atomic E-state index is -1.77. The van der Waals surface area contributed by atoms with Crippen molar-refractivity contribution in [2.45, 2.75) is 33.2 Å². The molecule has 1 aliphatic rings. The zero-order chi connectivity index (χ0) is 14.8. The predicted octanol–water partition coefficient (Wildman–Crippen LogP) is 1.19. The summed E-state index contributed by atoms with van der Waals surface area (Å²) in [5, 5.41) is 4.28. The SMILES string of the molecule is C1CNC1.CCO[SiH](OCC)c1ccccc1C(C)N. The first-order chi connectivity index (χ1) is 9.70. The predicted molar refractivity (Wildman–Crippen MR) is 86.6 cm³/mol. The fourth-order valence-corrected chi connectivity index (χ4v) is 3.81. The van der Waals surface area contributed by atoms with Crippen molar-refractivity contribution >= 4 is 14.5 Å². The molecule has 1 aliphatic heterocycles. The molecule has 0 radical (unpaired) electrons. The van der Waals surface area contributed by atoms with Gasteiger partial charge in [0.15, 0.2) is 0 Å². The van der Waals surface area contributed by atoms with Crippen molar-refractivity contribution < 1.29 is 8.85 Å². The molecule has 0 saturated carbocycles. The summed E-state index contributed by atoms with van der Waals surface area (Å²) in [5.41, 5.74) is 7.10. The molecule has 0 spiro atoms. The summed E-state index contributed by atoms with van der Waals surface area (Å²) in [6.07, 6.45) is 1.39. The Labute approximate surface area is 124 Å². The van der Waals surface area contributed by atoms with Crippen LogP contribution < -0.4 is 16.2 Å². The average molecular weight is 296 g/mol. The molecule has 1 saturated heterocycles. The molecule has 1 heterocycles. The summed E-state index contributed by atoms with van der Waals surface area (Å²) in [7, 11) is -1.77. The van der Waals surface area contributed by atoms with Crippen molar-refractivity contribution in [3.05, 3.63) is 29.8 Å². The minimum Gasteiger partial charge on any atom is -0.394 e. The fraction of sp³-hybridized carbons (Fsp3) is 0.600. The van der Waals surface area contributed by atoms with Gasteiger partial charge in [-0.3, -0.25) is 0 Å². The van der Waals surface area contributed by atoms with Gasteiger partial charge in [0.05, 0.1) is 0 Å². The molecule has 1 unspecified atom stereocenters. The Hall–Kier alpha value is -0.723. The molecule has 5 heteroatoms. The number of hydrogen-bond donors (Lipinski definition) is 2. The molecule has 0 aromatic heterocycles. The lowest BCUT2D eigenvalue weighted by molar-refractivity contribution is 0.225. The van der Waals surface area contributed by atoms with Crippen molar-refractivity contribution in [1.82, 2.24) is 5.32 Å². The highest BCUT2D eigenvalue weighted by Crippen LogP contribution is 2.08. The zero-order valence-electron chi connectivity index (χ0n) is 12.9. The van der Waals surface area contributed by atoms with E-state index in [0.717, 1.165) is 5.56 Å². The second-order valence-electron chi connectivity index (χ2n) is 4.76. The lowest BCUT2D eigenvalue weighted by Crippen LogP contribution is -2.40. The Kier molecular flexibility index (Phi) is 8.72. The highest BCUT2D eigenvalue weighted by Gasteiger charge is 2.20. The molecular formula is C15H28N2O2Si. The van der Waals surface area contributed by atoms with Crippen LogP contribution in [0.25, 0.3) is 0 Å². The summed E-state index contributed by atoms with van der Waals surface area (Å²) in [4.78, 5) is 0. The summed E-state index contributed by atoms with van der Waals surface area (Å²) in [5.74, 6) is 0. The van der Waals surface area contributed by atoms with Crippen LogP contribution in [0.3, 0.4) is 0 Å². The minimum absolute atomic E-state index is 0.0205. The van der Waals surface area contributed by atoms with Crippen LogP contribution in [0.4, 0.5) is 0 Å². The second-order valence-corrected chi connectivity index (χ2v) is 6.72. The van der Waals surface area contributed by atoms with Gasteiger partial charge < -0.3 is 19.9 Å². The van der Waals surface area contributed by atoms with E-state index in [4.69, 9.17) is 14.6 Å². The molecule has 0 amide bonds. The Morgan fingerprint density at radius 1 is 1.20 bits per heavy atom. The third-order valence-corrected chi connectivity index (χ3v) is 5.39. The van der Waals surface area contributed by atoms with Gasteiger partial charge in [-0.15, -0.1) is 0 Å². The largest absolute Gasteiger partial charge is 0.394 e. The van der Waals surface area contributed by atoms with E-state index in [1.807, 2.05) is 32.9 Å². The van der Waals surface area contributed by atoms with Crippen molar-refractivity contribution in [3.8, 4) is 0 Å². The maximum Gasteiger partial charge on any atom is 0.356 e. The van der Waals surface area contributed by atoms with Gasteiger partial charge in [-0.1, -0.05) is 24.3 Å². The van der Waals surface area contributed by atoms with Crippen LogP contribution >= 0.6 is 0 Å². The first-order valence-corrected chi connectivity index (χ1v) is 9.01. The topological polar surface area (TPSA) is 56.5 Å². The van der Waals surface area contributed by atoms with Crippen molar-refractivity contribution in [2.75, 3.05) is 26.3 Å². The molecule has 3 N–H and O–H groups in total. The van der Waals surface area contributed by atoms with Gasteiger partial charge in [0, 0.05) is 19.3 Å². The number of benzene rings is 1. The highest BCUT2D eigenvalue weighted by atomic mass is 28.3. The van der Waals surface area contributed by atoms with Crippen LogP contribution in [-0.4, -0.2) is 35.6 Å². The Morgan fingerprint density at radius 3 is 2.10 bits per heavy atom. The molecule has 4 nitrogen and oxygen atoms in total. The fourth-order valence-electron chi connectivity index (χ4n) is 1.85. The van der Waals surface area contributed by atoms with Crippen LogP contribution in [-0.2, 0) is 8.85 Å². The number of nitrogens with two attached hydrogens (primary N) is 1. The van der Waals surface area contributed by atoms with Crippen molar-refractivity contribution in [3.63, 3.8) is 0 Å². The third kappa shape index (κ3) is 5.72. The van der Waals surface area contributed by atoms with Crippen LogP contribution in [0.1, 0.15) is 38.8 Å². The molecular weight excluding hydrogens is 268 g/mol. The normalized spacial score (nSPS) is 15.2. The number of nitrogens with one attached hydrogen (secondary N) is 1. The van der Waals surface area contributed by atoms with Gasteiger partial charge in [0.25, 0.3) is 0 Å². The zero-order valence-corrected chi connectivity index (χ0v) is 14.0. The molecule has 1 aromatic rings. The summed E-state index contributed by atoms with van der Waals surface area (Å²) in [6, 6.07) is 8.16. The van der Waals surface area contributed by atoms with E-state index in [-0.39, 0.29) is 6.04 Å². The lowest BCUT2D eigenvalue weighted by Gasteiger charge is -2.19. The van der Waals surface area contributed by atoms with Gasteiger partial charge in [-0.25, -0.2) is 0 Å². The van der Waals surface area contributed by atoms with E-state index in [9.17, 15) is 0 Å². The first-order valence-electron chi connectivity index (χ1n) is 7.49. The third-order valence-electron chi connectivity index (χ3n) is 3.08. The summed E-state index contributed by atoms with van der Waals surface area (Å²) >= 11 is 0. The maximum atomic E-state index is 5.96. The van der Waals surface area contributed by atoms with Gasteiger partial charge in [0.2, 0.25) is 0 Å². The molecule has 1 fully saturated rings. The smallest absolute Gasteiger partial charge is 0.356 e. The van der Waals surface area contributed by atoms with Crippen molar-refractivity contribution in [2.24, 2.45) is 5.73 Å². The van der Waals surface area contributed by atoms with Crippen LogP contribution in [0, 0.1) is 0 Å². The molecule has 0 aliphatic carbocycles. The molecule has 1 atom stereocenters. The average Bonchev–Trinajstić information content (AvgIpc) is 2.36. The Morgan fingerprint density at radius 2 is 1.70 bits per heavy atom. The lowest BCUT2D eigenvalue weighted by atomic mass is 10.1. The molecule has 2 rings (SSSR count). The summed E-state index contributed by atoms with van der Waals surface area (Å²) in [6.45, 7) is 9.84. The van der Waals surface area contributed by atoms with E-state index in [0.29, 0.717) is 13.2 Å². The monoisotopic (exact) mass is 296 g/mol. The highest BCUT2D eigenvalue weighted by molar-refractivity contribution is 6.61. The van der Waals surface area contributed by atoms with E-state index in [1.165, 1.54) is 24.7 Å². The second kappa shape index (κ2) is 10.1. The van der Waals surface area contributed by atoms with E-state index >= 15 is 0 Å². The quantitative estimate of drug-likeness (QED) is 0.774. The van der Waals surface area contributed by atoms with Crippen LogP contribution in [0.2, 0.25) is 0 Å². The van der Waals surface area contributed by atoms with Gasteiger partial charge in [0.1, 0.15) is 0 Å². The first kappa shape index (κ1) is 17.3. The van der Waals surface area contributed by atoms with Crippen molar-refractivity contribution in [1.29, 1.82) is 0 Å². The van der Waals surface area contributed by atoms with E-state index < -0.39 is 9.28 Å². The standard InChI is InChI=1S/C12H21NO2Si.C3H7N/c1-4-14-16(15-5-2)12-9-7-6-8-11(12)10(3)13;1-2-4-3-1/h6-10,16H,4-5,13H2,1-3H3;4H,1-3H2. The maximum absolute atomic E-state index is 5.96. The van der Waals surface area contributed by atoms with Gasteiger partial charge in [-0.05, 0) is 51.0 Å². The Bertz CT molecular complexity index is 361. The van der Waals surface area contributed by atoms with E-state index in [1.54, 1.807) is 0 Å². The van der Waals surface area contributed by atoms with Gasteiger partial charge in [-0.2, -0.15) is 0 Å².